The number of likely N-dealkylation sites (N-methyl/N-ethyl adjacent to an activating group) is 1. The third-order valence-corrected chi connectivity index (χ3v) is 10.6. The van der Waals surface area contributed by atoms with Crippen molar-refractivity contribution in [1.29, 1.82) is 0 Å². The van der Waals surface area contributed by atoms with Gasteiger partial charge in [-0.1, -0.05) is 152 Å². The zero-order valence-corrected chi connectivity index (χ0v) is 38.0. The van der Waals surface area contributed by atoms with Crippen LogP contribution in [0.25, 0.3) is 0 Å². The first-order valence-corrected chi connectivity index (χ1v) is 24.4. The summed E-state index contributed by atoms with van der Waals surface area (Å²) in [4.78, 5) is 22.9. The van der Waals surface area contributed by atoms with E-state index in [0.29, 0.717) is 24.1 Å². The van der Waals surface area contributed by atoms with E-state index >= 15 is 0 Å². The van der Waals surface area contributed by atoms with Crippen LogP contribution in [-0.4, -0.2) is 75.6 Å². The fraction of sp³-hybridized carbons (Fsp3) is 0.809. The van der Waals surface area contributed by atoms with Gasteiger partial charge in [-0.2, -0.15) is 0 Å². The number of allylic oxidation sites excluding steroid dienone is 8. The van der Waals surface area contributed by atoms with Gasteiger partial charge in [-0.3, -0.25) is 13.8 Å². The fourth-order valence-electron chi connectivity index (χ4n) is 6.02. The van der Waals surface area contributed by atoms with Crippen LogP contribution in [0.5, 0.6) is 0 Å². The molecule has 2 atom stereocenters. The second-order valence-electron chi connectivity index (χ2n) is 16.4. The van der Waals surface area contributed by atoms with Crippen LogP contribution in [0.1, 0.15) is 187 Å². The van der Waals surface area contributed by atoms with Gasteiger partial charge in [-0.25, -0.2) is 4.57 Å². The molecule has 2 unspecified atom stereocenters. The highest BCUT2D eigenvalue weighted by molar-refractivity contribution is 7.47. The van der Waals surface area contributed by atoms with Gasteiger partial charge in [-0.05, 0) is 77.0 Å². The van der Waals surface area contributed by atoms with Gasteiger partial charge in [0, 0.05) is 13.0 Å². The second kappa shape index (κ2) is 40.2. The van der Waals surface area contributed by atoms with E-state index in [9.17, 15) is 14.3 Å². The van der Waals surface area contributed by atoms with Crippen molar-refractivity contribution in [2.24, 2.45) is 0 Å². The molecule has 0 radical (unpaired) electrons. The van der Waals surface area contributed by atoms with Crippen molar-refractivity contribution in [1.82, 2.24) is 0 Å². The Bertz CT molecular complexity index is 1040. The number of rotatable bonds is 42. The number of carbonyl (C=O) groups is 1. The Balaban J connectivity index is 4.25. The number of quaternary nitrogens is 1. The van der Waals surface area contributed by atoms with E-state index < -0.39 is 13.9 Å². The topological polar surface area (TPSA) is 91.3 Å². The molecular formula is C47H89NO7P+. The Hall–Kier alpha value is -1.54. The summed E-state index contributed by atoms with van der Waals surface area (Å²) in [5.41, 5.74) is 0. The first-order valence-electron chi connectivity index (χ1n) is 22.9. The largest absolute Gasteiger partial charge is 0.472 e. The molecule has 0 bridgehead atoms. The molecule has 8 nitrogen and oxygen atoms in total. The molecule has 0 spiro atoms. The molecular weight excluding hydrogens is 721 g/mol. The summed E-state index contributed by atoms with van der Waals surface area (Å²) in [7, 11) is 1.65. The van der Waals surface area contributed by atoms with Crippen LogP contribution in [0, 0.1) is 0 Å². The van der Waals surface area contributed by atoms with Crippen LogP contribution in [0.3, 0.4) is 0 Å². The predicted molar refractivity (Wildman–Crippen MR) is 238 cm³/mol. The number of nitrogens with zero attached hydrogens (tertiary/aromatic N) is 1. The molecule has 0 saturated heterocycles. The maximum absolute atomic E-state index is 12.7. The maximum atomic E-state index is 12.7. The van der Waals surface area contributed by atoms with Crippen molar-refractivity contribution in [2.75, 3.05) is 54.1 Å². The Morgan fingerprint density at radius 2 is 0.982 bits per heavy atom. The highest BCUT2D eigenvalue weighted by atomic mass is 31.2. The quantitative estimate of drug-likeness (QED) is 0.0216. The second-order valence-corrected chi connectivity index (χ2v) is 17.9. The van der Waals surface area contributed by atoms with Gasteiger partial charge >= 0.3 is 13.8 Å². The molecule has 328 valence electrons. The van der Waals surface area contributed by atoms with E-state index in [4.69, 9.17) is 18.5 Å². The molecule has 0 fully saturated rings. The third kappa shape index (κ3) is 43.6. The summed E-state index contributed by atoms with van der Waals surface area (Å²) in [6.45, 7) is 5.55. The lowest BCUT2D eigenvalue weighted by molar-refractivity contribution is -0.870. The SMILES string of the molecule is CCCCC/C=C\C/C=C\CCCCCCCCOCC(COP(=O)(O)OCC[N+](C)(C)C)OC(=O)CCCCCCCCC/C=C\C/C=C\CCCCCC. The Labute approximate surface area is 346 Å². The highest BCUT2D eigenvalue weighted by Crippen LogP contribution is 2.43. The molecule has 0 amide bonds. The minimum Gasteiger partial charge on any atom is -0.457 e. The van der Waals surface area contributed by atoms with Crippen LogP contribution < -0.4 is 0 Å². The predicted octanol–water partition coefficient (Wildman–Crippen LogP) is 13.6. The lowest BCUT2D eigenvalue weighted by Gasteiger charge is -2.24. The van der Waals surface area contributed by atoms with Gasteiger partial charge in [0.05, 0.1) is 34.4 Å². The molecule has 0 saturated carbocycles. The molecule has 0 rings (SSSR count). The lowest BCUT2D eigenvalue weighted by Crippen LogP contribution is -2.37. The minimum absolute atomic E-state index is 0.0833. The summed E-state index contributed by atoms with van der Waals surface area (Å²) >= 11 is 0. The summed E-state index contributed by atoms with van der Waals surface area (Å²) in [5.74, 6) is -0.326. The van der Waals surface area contributed by atoms with Gasteiger partial charge < -0.3 is 18.9 Å². The van der Waals surface area contributed by atoms with E-state index in [1.165, 1.54) is 109 Å². The van der Waals surface area contributed by atoms with Crippen molar-refractivity contribution in [3.63, 3.8) is 0 Å². The number of phosphoric acid groups is 1. The molecule has 0 aliphatic carbocycles. The average Bonchev–Trinajstić information content (AvgIpc) is 3.15. The van der Waals surface area contributed by atoms with Crippen LogP contribution in [0.2, 0.25) is 0 Å². The summed E-state index contributed by atoms with van der Waals surface area (Å²) < 4.78 is 35.0. The maximum Gasteiger partial charge on any atom is 0.472 e. The number of ether oxygens (including phenoxy) is 2. The molecule has 0 aliphatic rings. The first-order chi connectivity index (χ1) is 27.1. The van der Waals surface area contributed by atoms with Crippen LogP contribution in [-0.2, 0) is 27.9 Å². The molecule has 0 aliphatic heterocycles. The normalized spacial score (nSPS) is 14.2. The van der Waals surface area contributed by atoms with Gasteiger partial charge in [0.1, 0.15) is 19.3 Å². The van der Waals surface area contributed by atoms with E-state index in [0.717, 1.165) is 57.8 Å². The van der Waals surface area contributed by atoms with E-state index in [-0.39, 0.29) is 25.8 Å². The number of carbonyl (C=O) groups excluding carboxylic acids is 1. The molecule has 1 N–H and O–H groups in total. The molecule has 0 aromatic carbocycles. The van der Waals surface area contributed by atoms with Crippen molar-refractivity contribution in [2.45, 2.75) is 193 Å². The number of esters is 1. The average molecular weight is 811 g/mol. The first kappa shape index (κ1) is 54.5. The fourth-order valence-corrected chi connectivity index (χ4v) is 6.77. The number of unbranched alkanes of at least 4 members (excludes halogenated alkanes) is 20. The Morgan fingerprint density at radius 3 is 1.48 bits per heavy atom. The van der Waals surface area contributed by atoms with Crippen LogP contribution in [0.15, 0.2) is 48.6 Å². The summed E-state index contributed by atoms with van der Waals surface area (Å²) in [6.07, 6.45) is 48.5. The van der Waals surface area contributed by atoms with E-state index in [1.807, 2.05) is 21.1 Å². The summed E-state index contributed by atoms with van der Waals surface area (Å²) in [6, 6.07) is 0. The van der Waals surface area contributed by atoms with Crippen molar-refractivity contribution in [3.05, 3.63) is 48.6 Å². The Kier molecular flexibility index (Phi) is 39.1. The number of hydrogen-bond acceptors (Lipinski definition) is 6. The van der Waals surface area contributed by atoms with E-state index in [1.54, 1.807) is 0 Å². The zero-order valence-electron chi connectivity index (χ0n) is 37.1. The van der Waals surface area contributed by atoms with Crippen molar-refractivity contribution in [3.8, 4) is 0 Å². The van der Waals surface area contributed by atoms with Crippen molar-refractivity contribution >= 4 is 13.8 Å². The lowest BCUT2D eigenvalue weighted by atomic mass is 10.1. The van der Waals surface area contributed by atoms with Gasteiger partial charge in [0.25, 0.3) is 0 Å². The zero-order chi connectivity index (χ0) is 41.3. The van der Waals surface area contributed by atoms with Crippen LogP contribution in [0.4, 0.5) is 0 Å². The molecule has 0 aromatic rings. The molecule has 56 heavy (non-hydrogen) atoms. The monoisotopic (exact) mass is 811 g/mol. The van der Waals surface area contributed by atoms with Gasteiger partial charge in [0.2, 0.25) is 0 Å². The molecule has 0 heterocycles. The van der Waals surface area contributed by atoms with Crippen LogP contribution >= 0.6 is 7.82 Å². The number of phosphoric ester groups is 1. The smallest absolute Gasteiger partial charge is 0.457 e. The van der Waals surface area contributed by atoms with E-state index in [2.05, 4.69) is 62.5 Å². The number of hydrogen-bond donors (Lipinski definition) is 1. The van der Waals surface area contributed by atoms with Crippen molar-refractivity contribution < 1.29 is 37.3 Å². The highest BCUT2D eigenvalue weighted by Gasteiger charge is 2.26. The third-order valence-electron chi connectivity index (χ3n) is 9.61. The molecule has 0 aromatic heterocycles. The summed E-state index contributed by atoms with van der Waals surface area (Å²) in [5, 5.41) is 0. The van der Waals surface area contributed by atoms with Gasteiger partial charge in [0.15, 0.2) is 0 Å². The molecule has 9 heteroatoms. The van der Waals surface area contributed by atoms with Gasteiger partial charge in [-0.15, -0.1) is 0 Å². The Morgan fingerprint density at radius 1 is 0.554 bits per heavy atom. The minimum atomic E-state index is -4.28. The standard InChI is InChI=1S/C47H88NO7P/c1-6-8-10-12-14-16-18-20-22-24-25-26-28-30-32-34-36-38-40-47(49)55-46(45-54-56(50,51)53-43-41-48(3,4)5)44-52-42-39-37-35-33-31-29-27-23-21-19-17-15-13-11-9-7-2/h15-18,21-24,46H,6-14,19-20,25-45H2,1-5H3/p+1/b17-15-,18-16-,23-21-,24-22-.